The highest BCUT2D eigenvalue weighted by Gasteiger charge is 2.13. The molecule has 2 aromatic rings. The molecular formula is C14H19N3O2. The van der Waals surface area contributed by atoms with Crippen LogP contribution in [0.2, 0.25) is 0 Å². The Balaban J connectivity index is 2.41. The first-order chi connectivity index (χ1) is 9.13. The summed E-state index contributed by atoms with van der Waals surface area (Å²) in [5.41, 5.74) is 2.98. The van der Waals surface area contributed by atoms with E-state index in [0.717, 1.165) is 41.7 Å². The minimum Gasteiger partial charge on any atom is -0.424 e. The van der Waals surface area contributed by atoms with Crippen LogP contribution in [0.1, 0.15) is 25.1 Å². The zero-order chi connectivity index (χ0) is 13.8. The molecule has 0 bridgehead atoms. The molecule has 0 saturated heterocycles. The maximum Gasteiger partial charge on any atom is 0.308 e. The smallest absolute Gasteiger partial charge is 0.308 e. The fraction of sp³-hybridized carbons (Fsp3) is 0.429. The summed E-state index contributed by atoms with van der Waals surface area (Å²) in [6.45, 7) is 7.25. The van der Waals surface area contributed by atoms with E-state index in [4.69, 9.17) is 4.74 Å². The molecule has 2 rings (SSSR count). The van der Waals surface area contributed by atoms with E-state index in [0.29, 0.717) is 5.75 Å². The molecule has 0 fully saturated rings. The third kappa shape index (κ3) is 2.93. The zero-order valence-electron chi connectivity index (χ0n) is 11.5. The number of aryl methyl sites for hydroxylation is 1. The number of nitrogens with zero attached hydrogens (tertiary/aromatic N) is 1. The molecule has 0 amide bonds. The zero-order valence-corrected chi connectivity index (χ0v) is 11.5. The molecule has 0 aliphatic heterocycles. The van der Waals surface area contributed by atoms with Gasteiger partial charge in [0.25, 0.3) is 0 Å². The van der Waals surface area contributed by atoms with Crippen molar-refractivity contribution in [3.05, 3.63) is 23.7 Å². The van der Waals surface area contributed by atoms with Crippen molar-refractivity contribution in [3.63, 3.8) is 0 Å². The maximum atomic E-state index is 11.2. The van der Waals surface area contributed by atoms with Gasteiger partial charge in [0, 0.05) is 18.5 Å². The number of nitrogens with one attached hydrogen (secondary N) is 2. The van der Waals surface area contributed by atoms with Crippen molar-refractivity contribution in [1.82, 2.24) is 15.3 Å². The molecular weight excluding hydrogens is 242 g/mol. The van der Waals surface area contributed by atoms with Gasteiger partial charge in [-0.2, -0.15) is 0 Å². The van der Waals surface area contributed by atoms with Gasteiger partial charge in [0.2, 0.25) is 0 Å². The van der Waals surface area contributed by atoms with Crippen LogP contribution in [0.25, 0.3) is 10.9 Å². The second-order valence-corrected chi connectivity index (χ2v) is 4.47. The molecule has 0 aliphatic rings. The van der Waals surface area contributed by atoms with Gasteiger partial charge >= 0.3 is 5.97 Å². The number of hydrogen-bond donors (Lipinski definition) is 2. The number of likely N-dealkylation sites (N-methyl/N-ethyl adjacent to an activating group) is 1. The average molecular weight is 261 g/mol. The van der Waals surface area contributed by atoms with Crippen LogP contribution in [-0.4, -0.2) is 29.0 Å². The minimum absolute atomic E-state index is 0.328. The van der Waals surface area contributed by atoms with Crippen molar-refractivity contribution in [2.45, 2.75) is 27.2 Å². The van der Waals surface area contributed by atoms with Gasteiger partial charge < -0.3 is 15.0 Å². The summed E-state index contributed by atoms with van der Waals surface area (Å²) in [6.07, 6.45) is 4.46. The van der Waals surface area contributed by atoms with Gasteiger partial charge in [0.15, 0.2) is 5.75 Å². The lowest BCUT2D eigenvalue weighted by atomic mass is 10.1. The molecule has 2 aromatic heterocycles. The van der Waals surface area contributed by atoms with Gasteiger partial charge in [-0.3, -0.25) is 9.78 Å². The number of hydrogen-bond acceptors (Lipinski definition) is 4. The topological polar surface area (TPSA) is 67.0 Å². The van der Waals surface area contributed by atoms with Gasteiger partial charge in [-0.25, -0.2) is 0 Å². The Hall–Kier alpha value is -1.88. The first-order valence-electron chi connectivity index (χ1n) is 6.48. The second kappa shape index (κ2) is 5.84. The van der Waals surface area contributed by atoms with E-state index in [1.165, 1.54) is 6.92 Å². The summed E-state index contributed by atoms with van der Waals surface area (Å²) in [7, 11) is 0. The van der Waals surface area contributed by atoms with Gasteiger partial charge in [0.1, 0.15) is 0 Å². The lowest BCUT2D eigenvalue weighted by Gasteiger charge is -2.07. The highest BCUT2D eigenvalue weighted by Crippen LogP contribution is 2.30. The third-order valence-electron chi connectivity index (χ3n) is 3.02. The Bertz CT molecular complexity index is 590. The Morgan fingerprint density at radius 1 is 1.53 bits per heavy atom. The number of aromatic amines is 1. The quantitative estimate of drug-likeness (QED) is 0.637. The Labute approximate surface area is 112 Å². The first-order valence-corrected chi connectivity index (χ1v) is 6.48. The predicted octanol–water partition coefficient (Wildman–Crippen LogP) is 1.95. The van der Waals surface area contributed by atoms with Crippen molar-refractivity contribution in [2.75, 3.05) is 13.1 Å². The molecule has 0 aliphatic carbocycles. The monoisotopic (exact) mass is 261 g/mol. The molecule has 5 heteroatoms. The molecule has 0 unspecified atom stereocenters. The van der Waals surface area contributed by atoms with E-state index in [2.05, 4.69) is 22.2 Å². The van der Waals surface area contributed by atoms with Gasteiger partial charge in [0.05, 0.1) is 17.4 Å². The number of rotatable bonds is 5. The van der Waals surface area contributed by atoms with Crippen molar-refractivity contribution < 1.29 is 9.53 Å². The maximum absolute atomic E-state index is 11.2. The molecule has 19 heavy (non-hydrogen) atoms. The number of ether oxygens (including phenoxy) is 1. The fourth-order valence-electron chi connectivity index (χ4n) is 2.14. The van der Waals surface area contributed by atoms with Gasteiger partial charge in [-0.05, 0) is 32.0 Å². The van der Waals surface area contributed by atoms with Crippen LogP contribution < -0.4 is 10.1 Å². The highest BCUT2D eigenvalue weighted by molar-refractivity contribution is 5.92. The Kier molecular flexibility index (Phi) is 4.16. The molecule has 2 heterocycles. The lowest BCUT2D eigenvalue weighted by Crippen LogP contribution is -2.16. The van der Waals surface area contributed by atoms with Crippen molar-refractivity contribution in [3.8, 4) is 5.75 Å². The summed E-state index contributed by atoms with van der Waals surface area (Å²) in [5.74, 6) is 0.201. The van der Waals surface area contributed by atoms with Gasteiger partial charge in [-0.15, -0.1) is 0 Å². The Morgan fingerprint density at radius 3 is 3.00 bits per heavy atom. The molecule has 0 atom stereocenters. The van der Waals surface area contributed by atoms with Crippen LogP contribution in [0.3, 0.4) is 0 Å². The van der Waals surface area contributed by atoms with Crippen LogP contribution in [0.4, 0.5) is 0 Å². The SMILES string of the molecule is CCNCCc1c[nH]c2c(C)ncc(OC(C)=O)c12. The summed E-state index contributed by atoms with van der Waals surface area (Å²) in [5, 5.41) is 4.25. The van der Waals surface area contributed by atoms with E-state index < -0.39 is 0 Å². The summed E-state index contributed by atoms with van der Waals surface area (Å²) >= 11 is 0. The average Bonchev–Trinajstić information content (AvgIpc) is 2.78. The lowest BCUT2D eigenvalue weighted by molar-refractivity contribution is -0.131. The largest absolute Gasteiger partial charge is 0.424 e. The molecule has 0 radical (unpaired) electrons. The van der Waals surface area contributed by atoms with Crippen molar-refractivity contribution >= 4 is 16.9 Å². The number of H-pyrrole nitrogens is 1. The highest BCUT2D eigenvalue weighted by atomic mass is 16.5. The molecule has 5 nitrogen and oxygen atoms in total. The van der Waals surface area contributed by atoms with E-state index in [1.807, 2.05) is 13.1 Å². The molecule has 0 spiro atoms. The third-order valence-corrected chi connectivity index (χ3v) is 3.02. The number of carbonyl (C=O) groups is 1. The van der Waals surface area contributed by atoms with E-state index in [-0.39, 0.29) is 5.97 Å². The number of carbonyl (C=O) groups excluding carboxylic acids is 1. The van der Waals surface area contributed by atoms with E-state index in [1.54, 1.807) is 6.20 Å². The van der Waals surface area contributed by atoms with Crippen LogP contribution >= 0.6 is 0 Å². The van der Waals surface area contributed by atoms with Crippen LogP contribution in [0.15, 0.2) is 12.4 Å². The molecule has 0 aromatic carbocycles. The minimum atomic E-state index is -0.328. The molecule has 102 valence electrons. The number of pyridine rings is 1. The molecule has 2 N–H and O–H groups in total. The van der Waals surface area contributed by atoms with E-state index in [9.17, 15) is 4.79 Å². The van der Waals surface area contributed by atoms with Gasteiger partial charge in [-0.1, -0.05) is 6.92 Å². The normalized spacial score (nSPS) is 10.9. The van der Waals surface area contributed by atoms with Crippen LogP contribution in [-0.2, 0) is 11.2 Å². The Morgan fingerprint density at radius 2 is 2.32 bits per heavy atom. The number of esters is 1. The van der Waals surface area contributed by atoms with E-state index >= 15 is 0 Å². The number of aromatic nitrogens is 2. The van der Waals surface area contributed by atoms with Crippen molar-refractivity contribution in [1.29, 1.82) is 0 Å². The standard InChI is InChI=1S/C14H19N3O2/c1-4-15-6-5-11-7-17-14-9(2)16-8-12(13(11)14)19-10(3)18/h7-8,15,17H,4-6H2,1-3H3. The van der Waals surface area contributed by atoms with Crippen molar-refractivity contribution in [2.24, 2.45) is 0 Å². The number of fused-ring (bicyclic) bond motifs is 1. The molecule has 0 saturated carbocycles. The van der Waals surface area contributed by atoms with Crippen LogP contribution in [0, 0.1) is 6.92 Å². The van der Waals surface area contributed by atoms with Crippen LogP contribution in [0.5, 0.6) is 5.75 Å². The second-order valence-electron chi connectivity index (χ2n) is 4.47. The summed E-state index contributed by atoms with van der Waals surface area (Å²) in [6, 6.07) is 0. The first kappa shape index (κ1) is 13.5. The summed E-state index contributed by atoms with van der Waals surface area (Å²) < 4.78 is 5.25. The fourth-order valence-corrected chi connectivity index (χ4v) is 2.14. The predicted molar refractivity (Wildman–Crippen MR) is 74.4 cm³/mol. The summed E-state index contributed by atoms with van der Waals surface area (Å²) in [4.78, 5) is 18.6.